The molecule has 1 aliphatic rings. The highest BCUT2D eigenvalue weighted by Gasteiger charge is 2.38. The first-order valence-electron chi connectivity index (χ1n) is 5.86. The number of nitrogens with one attached hydrogen (secondary N) is 1. The van der Waals surface area contributed by atoms with E-state index in [1.54, 1.807) is 7.11 Å². The Morgan fingerprint density at radius 1 is 1.56 bits per heavy atom. The number of nitrogens with zero attached hydrogens (tertiary/aromatic N) is 1. The van der Waals surface area contributed by atoms with Crippen molar-refractivity contribution in [1.29, 1.82) is 0 Å². The Morgan fingerprint density at radius 3 is 2.61 bits per heavy atom. The van der Waals surface area contributed by atoms with Crippen molar-refractivity contribution >= 4 is 5.97 Å². The van der Waals surface area contributed by atoms with Crippen LogP contribution in [0.25, 0.3) is 0 Å². The second-order valence-electron chi connectivity index (χ2n) is 4.70. The quantitative estimate of drug-likeness (QED) is 0.830. The number of methoxy groups -OCH3 is 1. The van der Waals surface area contributed by atoms with Crippen molar-refractivity contribution in [2.24, 2.45) is 0 Å². The van der Waals surface area contributed by atoms with E-state index in [1.807, 2.05) is 0 Å². The summed E-state index contributed by atoms with van der Waals surface area (Å²) in [7, 11) is 1.65. The molecule has 0 aliphatic heterocycles. The largest absolute Gasteiger partial charge is 0.477 e. The number of carboxylic acids is 1. The average molecular weight is 252 g/mol. The maximum Gasteiger partial charge on any atom is 0.343 e. The molecule has 1 heterocycles. The Bertz CT molecular complexity index is 526. The third-order valence-corrected chi connectivity index (χ3v) is 3.55. The Morgan fingerprint density at radius 2 is 2.22 bits per heavy atom. The number of aromatic amines is 1. The Kier molecular flexibility index (Phi) is 3.21. The highest BCUT2D eigenvalue weighted by molar-refractivity contribution is 5.88. The SMILES string of the molecule is COC1(Cc2nc(C)c(C(=O)O)c(=O)[nH]2)CCC1. The monoisotopic (exact) mass is 252 g/mol. The molecule has 1 aromatic heterocycles. The van der Waals surface area contributed by atoms with Crippen LogP contribution < -0.4 is 5.56 Å². The van der Waals surface area contributed by atoms with Crippen LogP contribution in [0, 0.1) is 6.92 Å². The van der Waals surface area contributed by atoms with Gasteiger partial charge in [-0.15, -0.1) is 0 Å². The van der Waals surface area contributed by atoms with E-state index < -0.39 is 11.5 Å². The topological polar surface area (TPSA) is 92.3 Å². The van der Waals surface area contributed by atoms with E-state index in [1.165, 1.54) is 6.92 Å². The molecule has 0 aromatic carbocycles. The summed E-state index contributed by atoms with van der Waals surface area (Å²) >= 11 is 0. The van der Waals surface area contributed by atoms with Gasteiger partial charge in [-0.05, 0) is 26.2 Å². The van der Waals surface area contributed by atoms with Gasteiger partial charge in [0.05, 0.1) is 11.3 Å². The van der Waals surface area contributed by atoms with Crippen LogP contribution in [0.5, 0.6) is 0 Å². The first kappa shape index (κ1) is 12.8. The minimum atomic E-state index is -1.25. The zero-order valence-electron chi connectivity index (χ0n) is 10.4. The van der Waals surface area contributed by atoms with Gasteiger partial charge in [-0.25, -0.2) is 9.78 Å². The number of carboxylic acid groups (broad SMARTS) is 1. The number of H-pyrrole nitrogens is 1. The normalized spacial score (nSPS) is 17.2. The van der Waals surface area contributed by atoms with E-state index in [-0.39, 0.29) is 16.9 Å². The number of ether oxygens (including phenoxy) is 1. The van der Waals surface area contributed by atoms with Gasteiger partial charge >= 0.3 is 5.97 Å². The molecule has 1 aromatic rings. The van der Waals surface area contributed by atoms with Crippen LogP contribution >= 0.6 is 0 Å². The van der Waals surface area contributed by atoms with Crippen LogP contribution in [0.4, 0.5) is 0 Å². The third kappa shape index (κ3) is 2.15. The van der Waals surface area contributed by atoms with Gasteiger partial charge in [0, 0.05) is 13.5 Å². The zero-order chi connectivity index (χ0) is 13.3. The van der Waals surface area contributed by atoms with Crippen molar-refractivity contribution in [1.82, 2.24) is 9.97 Å². The number of rotatable bonds is 4. The highest BCUT2D eigenvalue weighted by Crippen LogP contribution is 2.37. The summed E-state index contributed by atoms with van der Waals surface area (Å²) < 4.78 is 5.46. The predicted octanol–water partition coefficient (Wildman–Crippen LogP) is 0.888. The second kappa shape index (κ2) is 4.53. The minimum absolute atomic E-state index is 0.242. The summed E-state index contributed by atoms with van der Waals surface area (Å²) in [4.78, 5) is 29.2. The molecular weight excluding hydrogens is 236 g/mol. The Labute approximate surface area is 104 Å². The van der Waals surface area contributed by atoms with Gasteiger partial charge in [-0.1, -0.05) is 0 Å². The average Bonchev–Trinajstić information content (AvgIpc) is 2.21. The lowest BCUT2D eigenvalue weighted by Gasteiger charge is -2.40. The van der Waals surface area contributed by atoms with Gasteiger partial charge in [0.15, 0.2) is 0 Å². The van der Waals surface area contributed by atoms with Crippen LogP contribution in [-0.4, -0.2) is 33.8 Å². The van der Waals surface area contributed by atoms with Gasteiger partial charge < -0.3 is 14.8 Å². The highest BCUT2D eigenvalue weighted by atomic mass is 16.5. The molecule has 2 N–H and O–H groups in total. The van der Waals surface area contributed by atoms with Crippen molar-refractivity contribution in [3.05, 3.63) is 27.4 Å². The smallest absolute Gasteiger partial charge is 0.343 e. The van der Waals surface area contributed by atoms with Crippen molar-refractivity contribution in [2.45, 2.75) is 38.2 Å². The molecule has 0 amide bonds. The zero-order valence-corrected chi connectivity index (χ0v) is 10.4. The van der Waals surface area contributed by atoms with Crippen molar-refractivity contribution < 1.29 is 14.6 Å². The summed E-state index contributed by atoms with van der Waals surface area (Å²) in [6, 6.07) is 0. The number of hydrogen-bond donors (Lipinski definition) is 2. The molecular formula is C12H16N2O4. The maximum atomic E-state index is 11.7. The van der Waals surface area contributed by atoms with Crippen LogP contribution in [0.15, 0.2) is 4.79 Å². The van der Waals surface area contributed by atoms with Gasteiger partial charge in [0.25, 0.3) is 5.56 Å². The molecule has 0 spiro atoms. The number of carbonyl (C=O) groups is 1. The maximum absolute atomic E-state index is 11.7. The van der Waals surface area contributed by atoms with Crippen molar-refractivity contribution in [3.63, 3.8) is 0 Å². The molecule has 0 radical (unpaired) electrons. The summed E-state index contributed by atoms with van der Waals surface area (Å²) in [5.74, 6) is -0.762. The van der Waals surface area contributed by atoms with Crippen molar-refractivity contribution in [3.8, 4) is 0 Å². The van der Waals surface area contributed by atoms with Gasteiger partial charge in [0.2, 0.25) is 0 Å². The van der Waals surface area contributed by atoms with Crippen LogP contribution in [0.1, 0.15) is 41.1 Å². The summed E-state index contributed by atoms with van der Waals surface area (Å²) in [5.41, 5.74) is -0.895. The fraction of sp³-hybridized carbons (Fsp3) is 0.583. The van der Waals surface area contributed by atoms with Crippen LogP contribution in [0.2, 0.25) is 0 Å². The molecule has 18 heavy (non-hydrogen) atoms. The first-order chi connectivity index (χ1) is 8.47. The number of aryl methyl sites for hydroxylation is 1. The standard InChI is InChI=1S/C12H16N2O4/c1-7-9(11(16)17)10(15)14-8(13-7)6-12(18-2)4-3-5-12/h3-6H2,1-2H3,(H,16,17)(H,13,14,15). The fourth-order valence-electron chi connectivity index (χ4n) is 2.31. The lowest BCUT2D eigenvalue weighted by atomic mass is 9.77. The number of aromatic carboxylic acids is 1. The second-order valence-corrected chi connectivity index (χ2v) is 4.70. The molecule has 98 valence electrons. The molecule has 0 atom stereocenters. The predicted molar refractivity (Wildman–Crippen MR) is 63.8 cm³/mol. The third-order valence-electron chi connectivity index (χ3n) is 3.55. The molecule has 0 unspecified atom stereocenters. The molecule has 6 heteroatoms. The Balaban J connectivity index is 2.31. The van der Waals surface area contributed by atoms with E-state index in [2.05, 4.69) is 9.97 Å². The van der Waals surface area contributed by atoms with E-state index in [0.717, 1.165) is 19.3 Å². The minimum Gasteiger partial charge on any atom is -0.477 e. The molecule has 2 rings (SSSR count). The summed E-state index contributed by atoms with van der Waals surface area (Å²) in [6.45, 7) is 1.53. The Hall–Kier alpha value is -1.69. The van der Waals surface area contributed by atoms with Crippen LogP contribution in [-0.2, 0) is 11.2 Å². The first-order valence-corrected chi connectivity index (χ1v) is 5.86. The number of aromatic nitrogens is 2. The molecule has 1 aliphatic carbocycles. The lowest BCUT2D eigenvalue weighted by Crippen LogP contribution is -2.42. The molecule has 0 saturated heterocycles. The van der Waals surface area contributed by atoms with E-state index in [4.69, 9.17) is 9.84 Å². The van der Waals surface area contributed by atoms with E-state index in [0.29, 0.717) is 12.2 Å². The molecule has 1 saturated carbocycles. The molecule has 1 fully saturated rings. The lowest BCUT2D eigenvalue weighted by molar-refractivity contribution is -0.0721. The van der Waals surface area contributed by atoms with Crippen LogP contribution in [0.3, 0.4) is 0 Å². The van der Waals surface area contributed by atoms with Gasteiger partial charge in [-0.2, -0.15) is 0 Å². The summed E-state index contributed by atoms with van der Waals surface area (Å²) in [6.07, 6.45) is 3.49. The summed E-state index contributed by atoms with van der Waals surface area (Å²) in [5, 5.41) is 8.89. The van der Waals surface area contributed by atoms with Crippen molar-refractivity contribution in [2.75, 3.05) is 7.11 Å². The molecule has 6 nitrogen and oxygen atoms in total. The molecule has 0 bridgehead atoms. The number of hydrogen-bond acceptors (Lipinski definition) is 4. The van der Waals surface area contributed by atoms with E-state index >= 15 is 0 Å². The van der Waals surface area contributed by atoms with E-state index in [9.17, 15) is 9.59 Å². The fourth-order valence-corrected chi connectivity index (χ4v) is 2.31. The van der Waals surface area contributed by atoms with Gasteiger partial charge in [-0.3, -0.25) is 4.79 Å². The van der Waals surface area contributed by atoms with Gasteiger partial charge in [0.1, 0.15) is 11.4 Å².